The fraction of sp³-hybridized carbons (Fsp3) is 0.611. The predicted molar refractivity (Wildman–Crippen MR) is 197 cm³/mol. The number of benzene rings is 1. The first-order chi connectivity index (χ1) is 23.3. The number of anilines is 1. The Labute approximate surface area is 303 Å². The summed E-state index contributed by atoms with van der Waals surface area (Å²) in [5, 5.41) is 14.7. The number of unbranched alkanes of at least 4 members (excludes halogenated alkanes) is 2. The molecule has 2 saturated heterocycles. The summed E-state index contributed by atoms with van der Waals surface area (Å²) in [7, 11) is 8.49. The third-order valence-electron chi connectivity index (χ3n) is 9.61. The third-order valence-corrected chi connectivity index (χ3v) is 11.9. The van der Waals surface area contributed by atoms with E-state index in [-0.39, 0.29) is 24.7 Å². The molecule has 0 aliphatic carbocycles. The Bertz CT molecular complexity index is 1430. The second kappa shape index (κ2) is 17.2. The zero-order chi connectivity index (χ0) is 35.9. The molecule has 10 nitrogen and oxygen atoms in total. The number of fused-ring (bicyclic) bond motifs is 5. The second-order valence-electron chi connectivity index (χ2n) is 13.2. The first-order valence-corrected chi connectivity index (χ1v) is 19.8. The number of epoxide rings is 1. The maximum Gasteiger partial charge on any atom is 0.409 e. The van der Waals surface area contributed by atoms with Gasteiger partial charge in [0, 0.05) is 50.8 Å². The monoisotopic (exact) mass is 738 g/mol. The fourth-order valence-electron chi connectivity index (χ4n) is 6.60. The molecule has 7 atom stereocenters. The number of aliphatic hydroxyl groups is 1. The fourth-order valence-corrected chi connectivity index (χ4v) is 8.26. The Morgan fingerprint density at radius 3 is 2.71 bits per heavy atom. The van der Waals surface area contributed by atoms with Crippen LogP contribution in [0.5, 0.6) is 5.75 Å². The van der Waals surface area contributed by atoms with E-state index in [9.17, 15) is 14.7 Å². The van der Waals surface area contributed by atoms with Gasteiger partial charge in [0.15, 0.2) is 5.72 Å². The molecule has 3 heterocycles. The molecule has 1 aromatic carbocycles. The van der Waals surface area contributed by atoms with Gasteiger partial charge >= 0.3 is 12.1 Å². The highest BCUT2D eigenvalue weighted by molar-refractivity contribution is 8.76. The van der Waals surface area contributed by atoms with Crippen LogP contribution < -0.4 is 15.0 Å². The number of methoxy groups -OCH3 is 2. The SMILES string of the molecule is C=C1CC(OC(=O)CCCCCSSC)C2(C)OC2C(C)C2CC(O)(NC(=O)O2)C(OC)/C=C/C=C(\C)Cc2cc(OC)c(Cl)c(c2)N1C. The number of carbonyl (C=O) groups is 2. The first-order valence-electron chi connectivity index (χ1n) is 16.6. The lowest BCUT2D eigenvalue weighted by atomic mass is 9.83. The van der Waals surface area contributed by atoms with E-state index in [4.69, 9.17) is 35.3 Å². The molecule has 3 aliphatic heterocycles. The van der Waals surface area contributed by atoms with Crippen LogP contribution >= 0.6 is 33.2 Å². The van der Waals surface area contributed by atoms with Crippen molar-refractivity contribution in [2.75, 3.05) is 38.2 Å². The van der Waals surface area contributed by atoms with Gasteiger partial charge in [-0.1, -0.05) is 76.9 Å². The van der Waals surface area contributed by atoms with Gasteiger partial charge in [0.25, 0.3) is 0 Å². The molecule has 4 rings (SSSR count). The standard InChI is InChI=1S/C36H51ClN2O8S2/c1-22-13-12-14-29(44-7)36(42)21-28(45-34(41)38-36)24(3)33-35(4,47-33)30(46-31(40)15-10-9-11-16-49-48-8)18-23(2)39(5)26-19-25(17-22)20-27(43-6)32(26)37/h12-14,19-20,24,28-30,33,42H,2,9-11,15-18,21H2,1,3-8H3,(H,38,41)/b14-12+,22-13+. The zero-order valence-electron chi connectivity index (χ0n) is 29.6. The van der Waals surface area contributed by atoms with Gasteiger partial charge in [-0.3, -0.25) is 10.1 Å². The lowest BCUT2D eigenvalue weighted by Crippen LogP contribution is -2.63. The van der Waals surface area contributed by atoms with Crippen LogP contribution in [0.4, 0.5) is 10.5 Å². The van der Waals surface area contributed by atoms with E-state index in [0.717, 1.165) is 36.2 Å². The van der Waals surface area contributed by atoms with Gasteiger partial charge in [-0.05, 0) is 57.1 Å². The molecule has 49 heavy (non-hydrogen) atoms. The molecule has 3 aliphatic rings. The van der Waals surface area contributed by atoms with Crippen molar-refractivity contribution in [3.05, 3.63) is 58.8 Å². The molecule has 0 spiro atoms. The number of hydrogen-bond acceptors (Lipinski definition) is 11. The van der Waals surface area contributed by atoms with Crippen LogP contribution in [-0.2, 0) is 30.2 Å². The van der Waals surface area contributed by atoms with Gasteiger partial charge in [0.05, 0.1) is 18.9 Å². The highest BCUT2D eigenvalue weighted by atomic mass is 35.5. The van der Waals surface area contributed by atoms with Crippen molar-refractivity contribution in [2.45, 2.75) is 101 Å². The Kier molecular flexibility index (Phi) is 13.9. The number of esters is 1. The first kappa shape index (κ1) is 39.4. The minimum absolute atomic E-state index is 0.0558. The molecule has 0 radical (unpaired) electrons. The zero-order valence-corrected chi connectivity index (χ0v) is 32.0. The molecule has 2 N–H and O–H groups in total. The van der Waals surface area contributed by atoms with E-state index >= 15 is 0 Å². The van der Waals surface area contributed by atoms with Crippen molar-refractivity contribution in [3.63, 3.8) is 0 Å². The van der Waals surface area contributed by atoms with Crippen molar-refractivity contribution < 1.29 is 38.4 Å². The normalized spacial score (nSPS) is 32.2. The van der Waals surface area contributed by atoms with Crippen molar-refractivity contribution in [3.8, 4) is 5.75 Å². The number of rotatable bonds is 10. The smallest absolute Gasteiger partial charge is 0.409 e. The highest BCUT2D eigenvalue weighted by Gasteiger charge is 2.64. The molecule has 0 saturated carbocycles. The average Bonchev–Trinajstić information content (AvgIpc) is 3.75. The summed E-state index contributed by atoms with van der Waals surface area (Å²) >= 11 is 6.85. The maximum atomic E-state index is 13.3. The summed E-state index contributed by atoms with van der Waals surface area (Å²) < 4.78 is 29.6. The summed E-state index contributed by atoms with van der Waals surface area (Å²) in [4.78, 5) is 28.0. The number of hydrogen-bond donors (Lipinski definition) is 2. The van der Waals surface area contributed by atoms with E-state index in [0.29, 0.717) is 35.0 Å². The van der Waals surface area contributed by atoms with E-state index in [1.165, 1.54) is 7.11 Å². The predicted octanol–water partition coefficient (Wildman–Crippen LogP) is 7.23. The van der Waals surface area contributed by atoms with Crippen molar-refractivity contribution in [1.29, 1.82) is 0 Å². The Hall–Kier alpha value is -2.35. The third kappa shape index (κ3) is 9.71. The van der Waals surface area contributed by atoms with Crippen LogP contribution in [0.15, 0.2) is 48.2 Å². The van der Waals surface area contributed by atoms with Crippen LogP contribution in [0, 0.1) is 5.92 Å². The van der Waals surface area contributed by atoms with E-state index in [1.807, 2.05) is 61.7 Å². The summed E-state index contributed by atoms with van der Waals surface area (Å²) in [5.41, 5.74) is 0.714. The highest BCUT2D eigenvalue weighted by Crippen LogP contribution is 2.50. The second-order valence-corrected chi connectivity index (χ2v) is 16.3. The molecule has 4 bridgehead atoms. The molecule has 13 heteroatoms. The minimum atomic E-state index is -1.73. The van der Waals surface area contributed by atoms with Gasteiger partial charge < -0.3 is 33.7 Å². The van der Waals surface area contributed by atoms with Crippen molar-refractivity contribution >= 4 is 50.9 Å². The van der Waals surface area contributed by atoms with Gasteiger partial charge in [-0.25, -0.2) is 4.79 Å². The summed E-state index contributed by atoms with van der Waals surface area (Å²) in [5.74, 6) is 0.905. The molecular formula is C36H51ClN2O8S2. The molecule has 0 aromatic heterocycles. The number of halogens is 1. The van der Waals surface area contributed by atoms with Gasteiger partial charge in [0.1, 0.15) is 34.7 Å². The van der Waals surface area contributed by atoms with Crippen LogP contribution in [0.1, 0.15) is 64.9 Å². The molecule has 1 aromatic rings. The van der Waals surface area contributed by atoms with Crippen LogP contribution in [0.25, 0.3) is 0 Å². The van der Waals surface area contributed by atoms with Crippen molar-refractivity contribution in [1.82, 2.24) is 5.32 Å². The molecule has 7 unspecified atom stereocenters. The number of alkyl carbamates (subject to hydrolysis) is 1. The largest absolute Gasteiger partial charge is 0.495 e. The molecular weight excluding hydrogens is 688 g/mol. The molecule has 1 amide bonds. The van der Waals surface area contributed by atoms with Crippen LogP contribution in [0.3, 0.4) is 0 Å². The van der Waals surface area contributed by atoms with Gasteiger partial charge in [0.2, 0.25) is 0 Å². The van der Waals surface area contributed by atoms with Gasteiger partial charge in [-0.2, -0.15) is 0 Å². The summed E-state index contributed by atoms with van der Waals surface area (Å²) in [6.07, 6.45) is 7.95. The Balaban J connectivity index is 1.70. The number of amides is 1. The topological polar surface area (TPSA) is 119 Å². The Morgan fingerprint density at radius 2 is 2.02 bits per heavy atom. The van der Waals surface area contributed by atoms with E-state index < -0.39 is 41.8 Å². The summed E-state index contributed by atoms with van der Waals surface area (Å²) in [6.45, 7) is 10.2. The van der Waals surface area contributed by atoms with Crippen LogP contribution in [-0.4, -0.2) is 86.2 Å². The Morgan fingerprint density at radius 1 is 1.27 bits per heavy atom. The van der Waals surface area contributed by atoms with Crippen molar-refractivity contribution in [2.24, 2.45) is 5.92 Å². The number of ether oxygens (including phenoxy) is 5. The number of nitrogens with one attached hydrogen (secondary N) is 1. The molecule has 2 fully saturated rings. The van der Waals surface area contributed by atoms with Crippen LogP contribution in [0.2, 0.25) is 5.02 Å². The minimum Gasteiger partial charge on any atom is -0.495 e. The number of nitrogens with zero attached hydrogens (tertiary/aromatic N) is 1. The van der Waals surface area contributed by atoms with Gasteiger partial charge in [-0.15, -0.1) is 0 Å². The average molecular weight is 739 g/mol. The number of allylic oxidation sites excluding steroid dienone is 3. The quantitative estimate of drug-likeness (QED) is 0.110. The van der Waals surface area contributed by atoms with E-state index in [1.54, 1.807) is 30.1 Å². The van der Waals surface area contributed by atoms with E-state index in [2.05, 4.69) is 18.2 Å². The maximum absolute atomic E-state index is 13.3. The summed E-state index contributed by atoms with van der Waals surface area (Å²) in [6, 6.07) is 3.90. The lowest BCUT2D eigenvalue weighted by molar-refractivity contribution is -0.152. The molecule has 272 valence electrons. The number of carbonyl (C=O) groups excluding carboxylic acids is 2. The lowest BCUT2D eigenvalue weighted by Gasteiger charge is -2.42.